The molecule has 1 aliphatic heterocycles. The van der Waals surface area contributed by atoms with Crippen LogP contribution in [0, 0.1) is 7.14 Å². The minimum absolute atomic E-state index is 0.268. The topological polar surface area (TPSA) is 46.6 Å². The van der Waals surface area contributed by atoms with E-state index in [9.17, 15) is 9.59 Å². The molecule has 2 aromatic carbocycles. The average Bonchev–Trinajstić information content (AvgIpc) is 2.83. The highest BCUT2D eigenvalue weighted by Gasteiger charge is 2.31. The Kier molecular flexibility index (Phi) is 6.99. The summed E-state index contributed by atoms with van der Waals surface area (Å²) < 4.78 is 7.75. The summed E-state index contributed by atoms with van der Waals surface area (Å²) in [5.74, 6) is 0.454. The molecular formula is C18H11Cl2I2NO3S. The van der Waals surface area contributed by atoms with Gasteiger partial charge in [0.2, 0.25) is 0 Å². The summed E-state index contributed by atoms with van der Waals surface area (Å²) in [6, 6.07) is 9.10. The second-order valence-electron chi connectivity index (χ2n) is 5.58. The number of benzene rings is 2. The van der Waals surface area contributed by atoms with E-state index >= 15 is 0 Å². The number of likely N-dealkylation sites (N-methyl/N-ethyl adjacent to an activating group) is 1. The number of carbonyl (C=O) groups is 2. The predicted molar refractivity (Wildman–Crippen MR) is 126 cm³/mol. The average molecular weight is 646 g/mol. The normalized spacial score (nSPS) is 15.7. The van der Waals surface area contributed by atoms with E-state index in [-0.39, 0.29) is 11.1 Å². The van der Waals surface area contributed by atoms with Crippen LogP contribution in [0.3, 0.4) is 0 Å². The first-order valence-corrected chi connectivity index (χ1v) is 11.3. The van der Waals surface area contributed by atoms with E-state index < -0.39 is 0 Å². The monoisotopic (exact) mass is 645 g/mol. The molecule has 0 aliphatic carbocycles. The number of ether oxygens (including phenoxy) is 1. The number of hydrogen-bond acceptors (Lipinski definition) is 4. The molecule has 0 spiro atoms. The number of halogens is 4. The highest BCUT2D eigenvalue weighted by atomic mass is 127. The van der Waals surface area contributed by atoms with Gasteiger partial charge in [0.05, 0.1) is 12.0 Å². The molecule has 0 atom stereocenters. The summed E-state index contributed by atoms with van der Waals surface area (Å²) in [5, 5.41) is 0.864. The van der Waals surface area contributed by atoms with Gasteiger partial charge in [0.15, 0.2) is 0 Å². The third-order valence-electron chi connectivity index (χ3n) is 3.69. The molecule has 0 saturated carbocycles. The Morgan fingerprint density at radius 3 is 2.37 bits per heavy atom. The van der Waals surface area contributed by atoms with Crippen molar-refractivity contribution in [3.63, 3.8) is 0 Å². The number of rotatable bonds is 4. The molecule has 4 nitrogen and oxygen atoms in total. The largest absolute Gasteiger partial charge is 0.487 e. The molecule has 2 aromatic rings. The van der Waals surface area contributed by atoms with Crippen LogP contribution in [0.1, 0.15) is 11.1 Å². The van der Waals surface area contributed by atoms with Crippen LogP contribution in [-0.2, 0) is 11.4 Å². The van der Waals surface area contributed by atoms with Gasteiger partial charge in [-0.05, 0) is 92.8 Å². The fraction of sp³-hybridized carbons (Fsp3) is 0.111. The van der Waals surface area contributed by atoms with Crippen LogP contribution in [0.2, 0.25) is 10.0 Å². The number of thioether (sulfide) groups is 1. The Balaban J connectivity index is 1.81. The fourth-order valence-electron chi connectivity index (χ4n) is 2.29. The summed E-state index contributed by atoms with van der Waals surface area (Å²) in [7, 11) is 1.48. The Labute approximate surface area is 197 Å². The van der Waals surface area contributed by atoms with Crippen molar-refractivity contribution in [3.8, 4) is 5.75 Å². The first kappa shape index (κ1) is 21.2. The van der Waals surface area contributed by atoms with Crippen LogP contribution in [0.4, 0.5) is 4.79 Å². The lowest BCUT2D eigenvalue weighted by molar-refractivity contribution is -0.121. The summed E-state index contributed by atoms with van der Waals surface area (Å²) in [5.41, 5.74) is 1.67. The van der Waals surface area contributed by atoms with E-state index in [0.29, 0.717) is 21.6 Å². The van der Waals surface area contributed by atoms with E-state index in [1.165, 1.54) is 7.05 Å². The van der Waals surface area contributed by atoms with Gasteiger partial charge in [-0.25, -0.2) is 0 Å². The first-order valence-electron chi connectivity index (χ1n) is 7.53. The number of imide groups is 1. The van der Waals surface area contributed by atoms with Gasteiger partial charge in [0, 0.05) is 22.7 Å². The van der Waals surface area contributed by atoms with Crippen molar-refractivity contribution in [2.75, 3.05) is 7.05 Å². The second-order valence-corrected chi connectivity index (χ2v) is 9.74. The van der Waals surface area contributed by atoms with Gasteiger partial charge in [0.25, 0.3) is 11.1 Å². The van der Waals surface area contributed by atoms with Gasteiger partial charge < -0.3 is 4.74 Å². The van der Waals surface area contributed by atoms with Crippen molar-refractivity contribution >= 4 is 97.4 Å². The molecule has 9 heteroatoms. The number of nitrogens with zero attached hydrogens (tertiary/aromatic N) is 1. The predicted octanol–water partition coefficient (Wildman–Crippen LogP) is 6.45. The van der Waals surface area contributed by atoms with Crippen LogP contribution in [0.5, 0.6) is 5.75 Å². The van der Waals surface area contributed by atoms with Crippen molar-refractivity contribution in [2.45, 2.75) is 6.61 Å². The first-order chi connectivity index (χ1) is 12.8. The number of carbonyl (C=O) groups excluding carboxylic acids is 2. The Morgan fingerprint density at radius 2 is 1.81 bits per heavy atom. The molecule has 3 rings (SSSR count). The molecule has 2 amide bonds. The van der Waals surface area contributed by atoms with Gasteiger partial charge in [0.1, 0.15) is 12.4 Å². The molecule has 0 aromatic heterocycles. The highest BCUT2D eigenvalue weighted by molar-refractivity contribution is 14.1. The smallest absolute Gasteiger partial charge is 0.293 e. The van der Waals surface area contributed by atoms with Crippen molar-refractivity contribution in [1.29, 1.82) is 0 Å². The van der Waals surface area contributed by atoms with Gasteiger partial charge in [-0.2, -0.15) is 0 Å². The Bertz CT molecular complexity index is 958. The molecule has 0 radical (unpaired) electrons. The zero-order valence-corrected chi connectivity index (χ0v) is 20.4. The Hall–Kier alpha value is -0.490. The maximum atomic E-state index is 12.0. The molecular weight excluding hydrogens is 635 g/mol. The second kappa shape index (κ2) is 8.89. The lowest BCUT2D eigenvalue weighted by Gasteiger charge is -2.12. The molecule has 1 aliphatic rings. The lowest BCUT2D eigenvalue weighted by atomic mass is 10.2. The zero-order valence-electron chi connectivity index (χ0n) is 13.8. The zero-order chi connectivity index (χ0) is 19.7. The van der Waals surface area contributed by atoms with Crippen molar-refractivity contribution in [1.82, 2.24) is 4.90 Å². The van der Waals surface area contributed by atoms with E-state index in [1.54, 1.807) is 18.2 Å². The van der Waals surface area contributed by atoms with E-state index in [1.807, 2.05) is 18.2 Å². The molecule has 27 heavy (non-hydrogen) atoms. The summed E-state index contributed by atoms with van der Waals surface area (Å²) >= 11 is 17.4. The third kappa shape index (κ3) is 4.92. The lowest BCUT2D eigenvalue weighted by Crippen LogP contribution is -2.22. The summed E-state index contributed by atoms with van der Waals surface area (Å²) in [6.07, 6.45) is 1.72. The van der Waals surface area contributed by atoms with E-state index in [0.717, 1.165) is 40.7 Å². The molecule has 0 unspecified atom stereocenters. The van der Waals surface area contributed by atoms with Gasteiger partial charge in [-0.1, -0.05) is 29.3 Å². The SMILES string of the molecule is CN1C(=O)S/C(=C\c2cc(I)c(OCc3ccc(Cl)cc3Cl)c(I)c2)C1=O. The van der Waals surface area contributed by atoms with Crippen molar-refractivity contribution in [2.24, 2.45) is 0 Å². The van der Waals surface area contributed by atoms with Crippen LogP contribution < -0.4 is 4.74 Å². The molecule has 0 N–H and O–H groups in total. The summed E-state index contributed by atoms with van der Waals surface area (Å²) in [4.78, 5) is 25.2. The van der Waals surface area contributed by atoms with Crippen molar-refractivity contribution < 1.29 is 14.3 Å². The summed E-state index contributed by atoms with van der Waals surface area (Å²) in [6.45, 7) is 0.316. The maximum absolute atomic E-state index is 12.0. The molecule has 140 valence electrons. The van der Waals surface area contributed by atoms with Crippen LogP contribution >= 0.6 is 80.1 Å². The minimum atomic E-state index is -0.285. The highest BCUT2D eigenvalue weighted by Crippen LogP contribution is 2.34. The van der Waals surface area contributed by atoms with Gasteiger partial charge in [-0.3, -0.25) is 14.5 Å². The minimum Gasteiger partial charge on any atom is -0.487 e. The maximum Gasteiger partial charge on any atom is 0.293 e. The van der Waals surface area contributed by atoms with E-state index in [2.05, 4.69) is 45.2 Å². The quantitative estimate of drug-likeness (QED) is 0.283. The third-order valence-corrected chi connectivity index (χ3v) is 6.84. The van der Waals surface area contributed by atoms with Crippen LogP contribution in [0.25, 0.3) is 6.08 Å². The standard InChI is InChI=1S/C18H11Cl2I2NO3S/c1-23-17(24)15(27-18(23)25)6-9-4-13(21)16(14(22)5-9)26-8-10-2-3-11(19)7-12(10)20/h2-7H,8H2,1H3/b15-6-. The number of hydrogen-bond donors (Lipinski definition) is 0. The van der Waals surface area contributed by atoms with Gasteiger partial charge >= 0.3 is 0 Å². The van der Waals surface area contributed by atoms with Crippen LogP contribution in [-0.4, -0.2) is 23.1 Å². The fourth-order valence-corrected chi connectivity index (χ4v) is 5.70. The molecule has 0 bridgehead atoms. The molecule has 1 heterocycles. The Morgan fingerprint density at radius 1 is 1.15 bits per heavy atom. The van der Waals surface area contributed by atoms with Gasteiger partial charge in [-0.15, -0.1) is 0 Å². The van der Waals surface area contributed by atoms with Crippen LogP contribution in [0.15, 0.2) is 35.2 Å². The number of amides is 2. The van der Waals surface area contributed by atoms with E-state index in [4.69, 9.17) is 27.9 Å². The van der Waals surface area contributed by atoms with Crippen molar-refractivity contribution in [3.05, 3.63) is 63.5 Å². The molecule has 1 saturated heterocycles. The molecule has 1 fully saturated rings.